The molecule has 0 saturated heterocycles. The molecular weight excluding hydrogens is 398 g/mol. The van der Waals surface area contributed by atoms with E-state index in [0.717, 1.165) is 29.7 Å². The summed E-state index contributed by atoms with van der Waals surface area (Å²) in [6, 6.07) is 11.3. The average molecular weight is 422 g/mol. The Balaban J connectivity index is 1.79. The number of hydrogen-bond acceptors (Lipinski definition) is 7. The first-order chi connectivity index (χ1) is 14.7. The molecule has 0 aliphatic carbocycles. The normalized spacial score (nSPS) is 15.0. The molecule has 0 bridgehead atoms. The zero-order valence-corrected chi connectivity index (χ0v) is 17.8. The Morgan fingerprint density at radius 2 is 2.03 bits per heavy atom. The predicted molar refractivity (Wildman–Crippen MR) is 116 cm³/mol. The number of amides is 1. The van der Waals surface area contributed by atoms with Gasteiger partial charge in [0, 0.05) is 36.2 Å². The summed E-state index contributed by atoms with van der Waals surface area (Å²) in [6.07, 6.45) is 6.12. The maximum Gasteiger partial charge on any atom is 0.247 e. The van der Waals surface area contributed by atoms with Gasteiger partial charge in [-0.1, -0.05) is 55.8 Å². The van der Waals surface area contributed by atoms with Crippen molar-refractivity contribution in [3.05, 3.63) is 54.4 Å². The van der Waals surface area contributed by atoms with Crippen LogP contribution in [0.15, 0.2) is 53.9 Å². The Labute approximate surface area is 179 Å². The topological polar surface area (TPSA) is 81.1 Å². The second-order valence-electron chi connectivity index (χ2n) is 6.97. The first-order valence-corrected chi connectivity index (χ1v) is 11.0. The van der Waals surface area contributed by atoms with Crippen molar-refractivity contribution in [1.82, 2.24) is 20.2 Å². The molecule has 7 nitrogen and oxygen atoms in total. The van der Waals surface area contributed by atoms with Crippen LogP contribution in [0.1, 0.15) is 44.9 Å². The highest BCUT2D eigenvalue weighted by molar-refractivity contribution is 7.99. The van der Waals surface area contributed by atoms with Gasteiger partial charge in [0.2, 0.25) is 23.2 Å². The molecule has 1 amide bonds. The molecule has 0 saturated carbocycles. The molecule has 154 valence electrons. The molecule has 0 fully saturated rings. The highest BCUT2D eigenvalue weighted by Crippen LogP contribution is 2.43. The zero-order chi connectivity index (χ0) is 20.9. The molecule has 0 spiro atoms. The SMILES string of the molecule is CCCCCSc1nnc2c(n1)O[C@@H](c1cccnc1)N(C(C)=O)c1ccccc1-2. The second-order valence-corrected chi connectivity index (χ2v) is 8.03. The van der Waals surface area contributed by atoms with Crippen molar-refractivity contribution in [3.63, 3.8) is 0 Å². The minimum atomic E-state index is -0.701. The smallest absolute Gasteiger partial charge is 0.247 e. The van der Waals surface area contributed by atoms with Gasteiger partial charge in [0.15, 0.2) is 5.69 Å². The van der Waals surface area contributed by atoms with Crippen LogP contribution in [-0.2, 0) is 4.79 Å². The van der Waals surface area contributed by atoms with Crippen LogP contribution in [0.25, 0.3) is 11.3 Å². The Bertz CT molecular complexity index is 1030. The van der Waals surface area contributed by atoms with Crippen LogP contribution in [0.4, 0.5) is 5.69 Å². The van der Waals surface area contributed by atoms with E-state index < -0.39 is 6.23 Å². The molecule has 0 N–H and O–H groups in total. The number of carbonyl (C=O) groups excluding carboxylic acids is 1. The summed E-state index contributed by atoms with van der Waals surface area (Å²) in [4.78, 5) is 23.1. The zero-order valence-electron chi connectivity index (χ0n) is 17.0. The number of unbranched alkanes of at least 4 members (excludes halogenated alkanes) is 2. The lowest BCUT2D eigenvalue weighted by atomic mass is 10.1. The number of anilines is 1. The third kappa shape index (κ3) is 4.14. The number of carbonyl (C=O) groups is 1. The van der Waals surface area contributed by atoms with Crippen molar-refractivity contribution in [2.24, 2.45) is 0 Å². The fourth-order valence-electron chi connectivity index (χ4n) is 3.37. The number of nitrogens with zero attached hydrogens (tertiary/aromatic N) is 5. The predicted octanol–water partition coefficient (Wildman–Crippen LogP) is 4.66. The molecule has 1 aromatic carbocycles. The number of hydrogen-bond donors (Lipinski definition) is 0. The number of fused-ring (bicyclic) bond motifs is 3. The Morgan fingerprint density at radius 3 is 2.80 bits per heavy atom. The van der Waals surface area contributed by atoms with E-state index in [1.165, 1.54) is 13.3 Å². The highest BCUT2D eigenvalue weighted by atomic mass is 32.2. The third-order valence-electron chi connectivity index (χ3n) is 4.80. The molecule has 8 heteroatoms. The monoisotopic (exact) mass is 421 g/mol. The standard InChI is InChI=1S/C22H23N5O2S/c1-3-4-7-13-30-22-24-20-19(25-26-22)17-10-5-6-11-18(17)27(15(2)28)21(29-20)16-9-8-12-23-14-16/h5-6,8-12,14,21H,3-4,7,13H2,1-2H3/t21-/m0/s1. The van der Waals surface area contributed by atoms with Gasteiger partial charge in [-0.05, 0) is 18.6 Å². The third-order valence-corrected chi connectivity index (χ3v) is 5.72. The van der Waals surface area contributed by atoms with Gasteiger partial charge in [0.05, 0.1) is 5.69 Å². The minimum absolute atomic E-state index is 0.147. The fourth-order valence-corrected chi connectivity index (χ4v) is 4.15. The van der Waals surface area contributed by atoms with Crippen molar-refractivity contribution in [2.75, 3.05) is 10.7 Å². The van der Waals surface area contributed by atoms with Crippen molar-refractivity contribution in [2.45, 2.75) is 44.5 Å². The quantitative estimate of drug-likeness (QED) is 0.423. The van der Waals surface area contributed by atoms with Gasteiger partial charge < -0.3 is 4.74 Å². The van der Waals surface area contributed by atoms with Crippen LogP contribution in [0.3, 0.4) is 0 Å². The minimum Gasteiger partial charge on any atom is -0.447 e. The fraction of sp³-hybridized carbons (Fsp3) is 0.318. The summed E-state index contributed by atoms with van der Waals surface area (Å²) < 4.78 is 6.31. The highest BCUT2D eigenvalue weighted by Gasteiger charge is 2.34. The van der Waals surface area contributed by atoms with E-state index in [1.54, 1.807) is 29.1 Å². The van der Waals surface area contributed by atoms with E-state index in [-0.39, 0.29) is 5.91 Å². The van der Waals surface area contributed by atoms with E-state index in [0.29, 0.717) is 22.4 Å². The Kier molecular flexibility index (Phi) is 6.23. The lowest BCUT2D eigenvalue weighted by molar-refractivity contribution is -0.118. The molecule has 3 heterocycles. The van der Waals surface area contributed by atoms with Gasteiger partial charge in [0.25, 0.3) is 0 Å². The first kappa shape index (κ1) is 20.3. The number of para-hydroxylation sites is 1. The molecule has 2 aromatic heterocycles. The van der Waals surface area contributed by atoms with E-state index >= 15 is 0 Å². The van der Waals surface area contributed by atoms with Crippen molar-refractivity contribution in [3.8, 4) is 17.1 Å². The summed E-state index contributed by atoms with van der Waals surface area (Å²) in [5.41, 5.74) is 2.75. The number of pyridine rings is 1. The lowest BCUT2D eigenvalue weighted by Crippen LogP contribution is -2.36. The maximum atomic E-state index is 12.7. The van der Waals surface area contributed by atoms with Gasteiger partial charge >= 0.3 is 0 Å². The van der Waals surface area contributed by atoms with Gasteiger partial charge in [0.1, 0.15) is 0 Å². The van der Waals surface area contributed by atoms with Crippen LogP contribution in [-0.4, -0.2) is 31.8 Å². The molecule has 0 unspecified atom stereocenters. The van der Waals surface area contributed by atoms with Crippen LogP contribution >= 0.6 is 11.8 Å². The summed E-state index contributed by atoms with van der Waals surface area (Å²) in [5, 5.41) is 9.31. The molecule has 4 rings (SSSR count). The molecule has 1 atom stereocenters. The number of rotatable bonds is 6. The molecule has 30 heavy (non-hydrogen) atoms. The van der Waals surface area contributed by atoms with E-state index in [1.807, 2.05) is 36.4 Å². The summed E-state index contributed by atoms with van der Waals surface area (Å²) >= 11 is 1.57. The van der Waals surface area contributed by atoms with Gasteiger partial charge in [-0.15, -0.1) is 10.2 Å². The van der Waals surface area contributed by atoms with Crippen molar-refractivity contribution in [1.29, 1.82) is 0 Å². The average Bonchev–Trinajstić information content (AvgIpc) is 2.91. The number of ether oxygens (including phenoxy) is 1. The van der Waals surface area contributed by atoms with Crippen molar-refractivity contribution < 1.29 is 9.53 Å². The molecule has 3 aromatic rings. The van der Waals surface area contributed by atoms with E-state index in [4.69, 9.17) is 4.74 Å². The van der Waals surface area contributed by atoms with Gasteiger partial charge in [-0.3, -0.25) is 14.7 Å². The van der Waals surface area contributed by atoms with Crippen LogP contribution in [0.2, 0.25) is 0 Å². The number of thioether (sulfide) groups is 1. The summed E-state index contributed by atoms with van der Waals surface area (Å²) in [7, 11) is 0. The maximum absolute atomic E-state index is 12.7. The van der Waals surface area contributed by atoms with E-state index in [2.05, 4.69) is 27.1 Å². The molecule has 1 aliphatic rings. The summed E-state index contributed by atoms with van der Waals surface area (Å²) in [6.45, 7) is 3.70. The number of aromatic nitrogens is 4. The Hall–Kier alpha value is -3.00. The van der Waals surface area contributed by atoms with Crippen molar-refractivity contribution >= 4 is 23.4 Å². The van der Waals surface area contributed by atoms with Gasteiger partial charge in [-0.25, -0.2) is 0 Å². The molecule has 0 radical (unpaired) electrons. The van der Waals surface area contributed by atoms with Crippen LogP contribution in [0, 0.1) is 0 Å². The molecular formula is C22H23N5O2S. The van der Waals surface area contributed by atoms with Crippen LogP contribution < -0.4 is 9.64 Å². The van der Waals surface area contributed by atoms with E-state index in [9.17, 15) is 4.79 Å². The largest absolute Gasteiger partial charge is 0.447 e. The first-order valence-electron chi connectivity index (χ1n) is 10.0. The number of benzene rings is 1. The summed E-state index contributed by atoms with van der Waals surface area (Å²) in [5.74, 6) is 1.15. The lowest BCUT2D eigenvalue weighted by Gasteiger charge is -2.29. The Morgan fingerprint density at radius 1 is 1.17 bits per heavy atom. The molecule has 1 aliphatic heterocycles. The second kappa shape index (κ2) is 9.21. The van der Waals surface area contributed by atoms with Gasteiger partial charge in [-0.2, -0.15) is 4.98 Å². The van der Waals surface area contributed by atoms with Crippen LogP contribution in [0.5, 0.6) is 5.88 Å².